The van der Waals surface area contributed by atoms with Gasteiger partial charge in [0, 0.05) is 0 Å². The highest BCUT2D eigenvalue weighted by Gasteiger charge is 2.02. The second-order valence-electron chi connectivity index (χ2n) is 4.40. The zero-order valence-corrected chi connectivity index (χ0v) is 11.2. The molecule has 2 heteroatoms. The van der Waals surface area contributed by atoms with E-state index in [0.717, 1.165) is 25.2 Å². The van der Waals surface area contributed by atoms with Gasteiger partial charge in [-0.2, -0.15) is 0 Å². The summed E-state index contributed by atoms with van der Waals surface area (Å²) in [5.41, 5.74) is 1.37. The lowest BCUT2D eigenvalue weighted by atomic mass is 9.99. The third kappa shape index (κ3) is 5.22. The van der Waals surface area contributed by atoms with E-state index >= 15 is 0 Å². The van der Waals surface area contributed by atoms with Crippen LogP contribution in [-0.2, 0) is 4.74 Å². The summed E-state index contributed by atoms with van der Waals surface area (Å²) < 4.78 is 10.9. The molecule has 1 rings (SSSR count). The maximum Gasteiger partial charge on any atom is 0.189 e. The summed E-state index contributed by atoms with van der Waals surface area (Å²) in [4.78, 5) is 0. The average Bonchev–Trinajstić information content (AvgIpc) is 2.38. The van der Waals surface area contributed by atoms with Crippen LogP contribution in [0.2, 0.25) is 0 Å². The molecule has 1 aromatic rings. The van der Waals surface area contributed by atoms with Crippen LogP contribution in [0, 0.1) is 0 Å². The number of ether oxygens (including phenoxy) is 2. The van der Waals surface area contributed by atoms with Crippen molar-refractivity contribution in [3.8, 4) is 5.75 Å². The smallest absolute Gasteiger partial charge is 0.189 e. The van der Waals surface area contributed by atoms with E-state index in [1.165, 1.54) is 12.0 Å². The molecule has 0 aliphatic carbocycles. The van der Waals surface area contributed by atoms with Crippen LogP contribution >= 0.6 is 0 Å². The monoisotopic (exact) mass is 236 g/mol. The summed E-state index contributed by atoms with van der Waals surface area (Å²) in [6.45, 7) is 7.72. The van der Waals surface area contributed by atoms with Gasteiger partial charge in [-0.15, -0.1) is 0 Å². The minimum atomic E-state index is 0.350. The SMILES string of the molecule is CCCCOCOc1ccc(C(C)CC)cc1. The maximum absolute atomic E-state index is 5.50. The van der Waals surface area contributed by atoms with Crippen molar-refractivity contribution in [1.29, 1.82) is 0 Å². The predicted octanol–water partition coefficient (Wildman–Crippen LogP) is 4.35. The van der Waals surface area contributed by atoms with Gasteiger partial charge < -0.3 is 9.47 Å². The van der Waals surface area contributed by atoms with Gasteiger partial charge in [-0.05, 0) is 36.5 Å². The highest BCUT2D eigenvalue weighted by atomic mass is 16.7. The first-order chi connectivity index (χ1) is 8.27. The summed E-state index contributed by atoms with van der Waals surface area (Å²) in [5, 5.41) is 0. The Morgan fingerprint density at radius 1 is 1.12 bits per heavy atom. The minimum absolute atomic E-state index is 0.350. The lowest BCUT2D eigenvalue weighted by molar-refractivity contribution is 0.0140. The third-order valence-electron chi connectivity index (χ3n) is 3.01. The fourth-order valence-electron chi connectivity index (χ4n) is 1.54. The molecule has 0 radical (unpaired) electrons. The number of unbranched alkanes of at least 4 members (excludes halogenated alkanes) is 1. The third-order valence-corrected chi connectivity index (χ3v) is 3.01. The normalized spacial score (nSPS) is 12.4. The molecule has 96 valence electrons. The van der Waals surface area contributed by atoms with E-state index in [1.807, 2.05) is 12.1 Å². The molecule has 1 aromatic carbocycles. The van der Waals surface area contributed by atoms with Gasteiger partial charge in [-0.1, -0.05) is 39.3 Å². The Balaban J connectivity index is 2.30. The number of benzene rings is 1. The van der Waals surface area contributed by atoms with Gasteiger partial charge in [0.25, 0.3) is 0 Å². The standard InChI is InChI=1S/C15H24O2/c1-4-6-11-16-12-17-15-9-7-14(8-10-15)13(3)5-2/h7-10,13H,4-6,11-12H2,1-3H3. The highest BCUT2D eigenvalue weighted by Crippen LogP contribution is 2.21. The Morgan fingerprint density at radius 3 is 2.41 bits per heavy atom. The van der Waals surface area contributed by atoms with Crippen LogP contribution in [0.5, 0.6) is 5.75 Å². The molecule has 0 saturated carbocycles. The Hall–Kier alpha value is -1.02. The van der Waals surface area contributed by atoms with E-state index in [1.54, 1.807) is 0 Å². The van der Waals surface area contributed by atoms with Gasteiger partial charge in [0.05, 0.1) is 6.61 Å². The zero-order chi connectivity index (χ0) is 12.5. The molecule has 1 atom stereocenters. The Labute approximate surface area is 105 Å². The number of rotatable bonds is 8. The van der Waals surface area contributed by atoms with Gasteiger partial charge >= 0.3 is 0 Å². The van der Waals surface area contributed by atoms with Crippen LogP contribution in [0.15, 0.2) is 24.3 Å². The van der Waals surface area contributed by atoms with E-state index in [9.17, 15) is 0 Å². The molecule has 2 nitrogen and oxygen atoms in total. The van der Waals surface area contributed by atoms with Crippen molar-refractivity contribution in [3.05, 3.63) is 29.8 Å². The Morgan fingerprint density at radius 2 is 1.82 bits per heavy atom. The first-order valence-electron chi connectivity index (χ1n) is 6.58. The molecule has 0 fully saturated rings. The van der Waals surface area contributed by atoms with Gasteiger partial charge in [0.2, 0.25) is 0 Å². The van der Waals surface area contributed by atoms with E-state index in [0.29, 0.717) is 12.7 Å². The van der Waals surface area contributed by atoms with Crippen molar-refractivity contribution in [2.24, 2.45) is 0 Å². The molecule has 0 amide bonds. The lowest BCUT2D eigenvalue weighted by Gasteiger charge is -2.10. The number of hydrogen-bond acceptors (Lipinski definition) is 2. The fraction of sp³-hybridized carbons (Fsp3) is 0.600. The van der Waals surface area contributed by atoms with Crippen LogP contribution in [0.1, 0.15) is 51.5 Å². The van der Waals surface area contributed by atoms with Crippen molar-refractivity contribution >= 4 is 0 Å². The molecule has 0 saturated heterocycles. The molecule has 0 N–H and O–H groups in total. The molecule has 0 spiro atoms. The second kappa shape index (κ2) is 8.13. The van der Waals surface area contributed by atoms with Gasteiger partial charge in [0.1, 0.15) is 5.75 Å². The van der Waals surface area contributed by atoms with E-state index in [4.69, 9.17) is 9.47 Å². The molecule has 0 aliphatic rings. The Bertz CT molecular complexity index is 292. The minimum Gasteiger partial charge on any atom is -0.468 e. The molecular weight excluding hydrogens is 212 g/mol. The van der Waals surface area contributed by atoms with Crippen LogP contribution in [-0.4, -0.2) is 13.4 Å². The van der Waals surface area contributed by atoms with Crippen LogP contribution < -0.4 is 4.74 Å². The van der Waals surface area contributed by atoms with Gasteiger partial charge in [-0.25, -0.2) is 0 Å². The molecule has 0 bridgehead atoms. The highest BCUT2D eigenvalue weighted by molar-refractivity contribution is 5.28. The quantitative estimate of drug-likeness (QED) is 0.493. The zero-order valence-electron chi connectivity index (χ0n) is 11.2. The topological polar surface area (TPSA) is 18.5 Å². The first kappa shape index (κ1) is 14.0. The van der Waals surface area contributed by atoms with Crippen molar-refractivity contribution in [1.82, 2.24) is 0 Å². The van der Waals surface area contributed by atoms with Gasteiger partial charge in [0.15, 0.2) is 6.79 Å². The van der Waals surface area contributed by atoms with E-state index in [2.05, 4.69) is 32.9 Å². The van der Waals surface area contributed by atoms with E-state index < -0.39 is 0 Å². The summed E-state index contributed by atoms with van der Waals surface area (Å²) in [6, 6.07) is 8.31. The maximum atomic E-state index is 5.50. The van der Waals surface area contributed by atoms with Crippen LogP contribution in [0.25, 0.3) is 0 Å². The van der Waals surface area contributed by atoms with Crippen molar-refractivity contribution in [2.45, 2.75) is 46.0 Å². The molecule has 17 heavy (non-hydrogen) atoms. The molecule has 0 aromatic heterocycles. The van der Waals surface area contributed by atoms with Gasteiger partial charge in [-0.3, -0.25) is 0 Å². The average molecular weight is 236 g/mol. The predicted molar refractivity (Wildman–Crippen MR) is 71.5 cm³/mol. The molecule has 0 aliphatic heterocycles. The first-order valence-corrected chi connectivity index (χ1v) is 6.58. The van der Waals surface area contributed by atoms with Crippen molar-refractivity contribution in [2.75, 3.05) is 13.4 Å². The molecule has 0 heterocycles. The fourth-order valence-corrected chi connectivity index (χ4v) is 1.54. The van der Waals surface area contributed by atoms with E-state index in [-0.39, 0.29) is 0 Å². The summed E-state index contributed by atoms with van der Waals surface area (Å²) >= 11 is 0. The second-order valence-corrected chi connectivity index (χ2v) is 4.40. The summed E-state index contributed by atoms with van der Waals surface area (Å²) in [5.74, 6) is 1.50. The van der Waals surface area contributed by atoms with Crippen LogP contribution in [0.3, 0.4) is 0 Å². The van der Waals surface area contributed by atoms with Crippen molar-refractivity contribution < 1.29 is 9.47 Å². The van der Waals surface area contributed by atoms with Crippen molar-refractivity contribution in [3.63, 3.8) is 0 Å². The molecular formula is C15H24O2. The lowest BCUT2D eigenvalue weighted by Crippen LogP contribution is -2.04. The summed E-state index contributed by atoms with van der Waals surface area (Å²) in [6.07, 6.45) is 3.42. The summed E-state index contributed by atoms with van der Waals surface area (Å²) in [7, 11) is 0. The molecule has 1 unspecified atom stereocenters. The largest absolute Gasteiger partial charge is 0.468 e. The van der Waals surface area contributed by atoms with Crippen LogP contribution in [0.4, 0.5) is 0 Å². The Kier molecular flexibility index (Phi) is 6.71. The number of hydrogen-bond donors (Lipinski definition) is 0.